The lowest BCUT2D eigenvalue weighted by Crippen LogP contribution is -2.44. The van der Waals surface area contributed by atoms with E-state index in [9.17, 15) is 18.8 Å². The summed E-state index contributed by atoms with van der Waals surface area (Å²) in [6.07, 6.45) is -0.0163. The quantitative estimate of drug-likeness (QED) is 0.527. The van der Waals surface area contributed by atoms with Crippen LogP contribution >= 0.6 is 23.1 Å². The minimum Gasteiger partial charge on any atom is -0.478 e. The highest BCUT2D eigenvalue weighted by Crippen LogP contribution is 2.31. The fourth-order valence-electron chi connectivity index (χ4n) is 3.10. The van der Waals surface area contributed by atoms with E-state index in [2.05, 4.69) is 10.3 Å². The fourth-order valence-corrected chi connectivity index (χ4v) is 4.89. The van der Waals surface area contributed by atoms with Crippen molar-refractivity contribution in [1.82, 2.24) is 4.90 Å². The van der Waals surface area contributed by atoms with Gasteiger partial charge < -0.3 is 10.4 Å². The topological polar surface area (TPSA) is 99.1 Å². The van der Waals surface area contributed by atoms with Crippen molar-refractivity contribution in [2.45, 2.75) is 18.2 Å². The number of nitrogens with one attached hydrogen (secondary N) is 1. The number of carboxylic acids is 1. The lowest BCUT2D eigenvalue weighted by atomic mass is 10.2. The number of hydrogen-bond donors (Lipinski definition) is 2. The van der Waals surface area contributed by atoms with Crippen LogP contribution in [0, 0.1) is 5.82 Å². The molecule has 2 aromatic carbocycles. The van der Waals surface area contributed by atoms with E-state index < -0.39 is 17.0 Å². The Hall–Kier alpha value is -3.50. The van der Waals surface area contributed by atoms with Gasteiger partial charge in [-0.1, -0.05) is 17.8 Å². The number of thiophene rings is 1. The molecule has 0 bridgehead atoms. The molecule has 10 heteroatoms. The van der Waals surface area contributed by atoms with Gasteiger partial charge in [0.05, 0.1) is 17.8 Å². The molecule has 4 rings (SSSR count). The van der Waals surface area contributed by atoms with E-state index in [-0.39, 0.29) is 23.8 Å². The lowest BCUT2D eigenvalue weighted by molar-refractivity contribution is -0.129. The van der Waals surface area contributed by atoms with Crippen LogP contribution < -0.4 is 5.32 Å². The molecule has 1 fully saturated rings. The normalized spacial score (nSPS) is 17.2. The lowest BCUT2D eigenvalue weighted by Gasteiger charge is -2.31. The number of amidine groups is 1. The Morgan fingerprint density at radius 1 is 1.12 bits per heavy atom. The number of aromatic carboxylic acids is 1. The number of carbonyl (C=O) groups is 3. The Morgan fingerprint density at radius 2 is 1.85 bits per heavy atom. The maximum absolute atomic E-state index is 13.3. The van der Waals surface area contributed by atoms with Crippen LogP contribution in [0.1, 0.15) is 21.7 Å². The molecular weight excluding hydrogens is 465 g/mol. The monoisotopic (exact) mass is 483 g/mol. The van der Waals surface area contributed by atoms with Gasteiger partial charge in [0.1, 0.15) is 11.1 Å². The smallest absolute Gasteiger partial charge is 0.335 e. The van der Waals surface area contributed by atoms with Crippen molar-refractivity contribution in [2.24, 2.45) is 4.99 Å². The molecule has 0 saturated carbocycles. The summed E-state index contributed by atoms with van der Waals surface area (Å²) < 4.78 is 13.3. The maximum Gasteiger partial charge on any atom is 0.335 e. The second-order valence-corrected chi connectivity index (χ2v) is 9.31. The maximum atomic E-state index is 13.3. The molecule has 3 aromatic rings. The number of aliphatic imine (C=N–C) groups is 1. The summed E-state index contributed by atoms with van der Waals surface area (Å²) in [5.74, 6) is -2.09. The van der Waals surface area contributed by atoms with Crippen LogP contribution in [0.3, 0.4) is 0 Å². The number of hydrogen-bond acceptors (Lipinski definition) is 6. The van der Waals surface area contributed by atoms with Crippen molar-refractivity contribution in [2.75, 3.05) is 5.32 Å². The van der Waals surface area contributed by atoms with Crippen LogP contribution in [-0.4, -0.2) is 38.2 Å². The van der Waals surface area contributed by atoms with Crippen molar-refractivity contribution in [1.29, 1.82) is 0 Å². The molecule has 0 spiro atoms. The molecule has 2 heterocycles. The Balaban J connectivity index is 1.55. The van der Waals surface area contributed by atoms with E-state index >= 15 is 0 Å². The third-order valence-corrected chi connectivity index (χ3v) is 6.83. The summed E-state index contributed by atoms with van der Waals surface area (Å²) in [7, 11) is 0. The standard InChI is InChI=1S/C23H18FN3O4S2/c24-15-5-9-17(10-6-15)26-23-27(13-18-2-1-11-32-18)20(28)12-19(33-23)21(29)25-16-7-3-14(4-8-16)22(30)31/h1-11,19H,12-13H2,(H,25,29)(H,30,31)/t19-/m0/s1. The van der Waals surface area contributed by atoms with Gasteiger partial charge >= 0.3 is 5.97 Å². The van der Waals surface area contributed by atoms with Gasteiger partial charge in [-0.2, -0.15) is 0 Å². The highest BCUT2D eigenvalue weighted by Gasteiger charge is 2.36. The van der Waals surface area contributed by atoms with E-state index in [1.807, 2.05) is 17.5 Å². The van der Waals surface area contributed by atoms with E-state index in [4.69, 9.17) is 5.11 Å². The zero-order chi connectivity index (χ0) is 23.4. The van der Waals surface area contributed by atoms with Gasteiger partial charge in [-0.3, -0.25) is 14.5 Å². The molecule has 0 aliphatic carbocycles. The van der Waals surface area contributed by atoms with Gasteiger partial charge in [0.15, 0.2) is 5.17 Å². The third kappa shape index (κ3) is 5.65. The molecule has 2 N–H and O–H groups in total. The van der Waals surface area contributed by atoms with Gasteiger partial charge in [-0.05, 0) is 60.0 Å². The second-order valence-electron chi connectivity index (χ2n) is 7.11. The van der Waals surface area contributed by atoms with E-state index in [0.717, 1.165) is 16.6 Å². The molecule has 1 aliphatic heterocycles. The summed E-state index contributed by atoms with van der Waals surface area (Å²) >= 11 is 2.67. The summed E-state index contributed by atoms with van der Waals surface area (Å²) in [5, 5.41) is 13.3. The van der Waals surface area contributed by atoms with Crippen molar-refractivity contribution in [3.8, 4) is 0 Å². The first kappa shape index (κ1) is 22.7. The molecular formula is C23H18FN3O4S2. The number of amides is 2. The van der Waals surface area contributed by atoms with Crippen LogP contribution in [0.4, 0.5) is 15.8 Å². The summed E-state index contributed by atoms with van der Waals surface area (Å²) in [5.41, 5.74) is 0.998. The third-order valence-electron chi connectivity index (χ3n) is 4.78. The molecule has 33 heavy (non-hydrogen) atoms. The Labute approximate surface area is 197 Å². The van der Waals surface area contributed by atoms with Gasteiger partial charge in [0.25, 0.3) is 0 Å². The highest BCUT2D eigenvalue weighted by atomic mass is 32.2. The highest BCUT2D eigenvalue weighted by molar-refractivity contribution is 8.15. The van der Waals surface area contributed by atoms with Gasteiger partial charge in [0.2, 0.25) is 11.8 Å². The van der Waals surface area contributed by atoms with E-state index in [1.54, 1.807) is 0 Å². The zero-order valence-corrected chi connectivity index (χ0v) is 18.7. The van der Waals surface area contributed by atoms with Gasteiger partial charge in [-0.25, -0.2) is 14.2 Å². The molecule has 0 unspecified atom stereocenters. The largest absolute Gasteiger partial charge is 0.478 e. The van der Waals surface area contributed by atoms with Crippen molar-refractivity contribution >= 4 is 57.4 Å². The van der Waals surface area contributed by atoms with Crippen LogP contribution in [0.15, 0.2) is 71.0 Å². The number of carbonyl (C=O) groups excluding carboxylic acids is 2. The van der Waals surface area contributed by atoms with Crippen molar-refractivity contribution < 1.29 is 23.9 Å². The fraction of sp³-hybridized carbons (Fsp3) is 0.130. The first-order valence-electron chi connectivity index (χ1n) is 9.87. The molecule has 2 amide bonds. The predicted molar refractivity (Wildman–Crippen MR) is 126 cm³/mol. The zero-order valence-electron chi connectivity index (χ0n) is 17.1. The molecule has 1 saturated heterocycles. The minimum absolute atomic E-state index is 0.0163. The van der Waals surface area contributed by atoms with E-state index in [1.165, 1.54) is 64.8 Å². The summed E-state index contributed by atoms with van der Waals surface area (Å²) in [6.45, 7) is 0.328. The first-order valence-corrected chi connectivity index (χ1v) is 11.6. The van der Waals surface area contributed by atoms with Crippen LogP contribution in [0.2, 0.25) is 0 Å². The predicted octanol–water partition coefficient (Wildman–Crippen LogP) is 4.75. The first-order chi connectivity index (χ1) is 15.9. The van der Waals surface area contributed by atoms with Gasteiger partial charge in [-0.15, -0.1) is 11.3 Å². The molecule has 1 atom stereocenters. The van der Waals surface area contributed by atoms with Crippen LogP contribution in [-0.2, 0) is 16.1 Å². The molecule has 1 aliphatic rings. The number of nitrogens with zero attached hydrogens (tertiary/aromatic N) is 2. The van der Waals surface area contributed by atoms with Crippen molar-refractivity contribution in [3.05, 3.63) is 82.3 Å². The van der Waals surface area contributed by atoms with Crippen molar-refractivity contribution in [3.63, 3.8) is 0 Å². The Morgan fingerprint density at radius 3 is 2.48 bits per heavy atom. The minimum atomic E-state index is -1.06. The average molecular weight is 484 g/mol. The molecule has 0 radical (unpaired) electrons. The number of thioether (sulfide) groups is 1. The summed E-state index contributed by atoms with van der Waals surface area (Å²) in [6, 6.07) is 15.1. The number of halogens is 1. The Bertz CT molecular complexity index is 1200. The number of rotatable bonds is 6. The molecule has 168 valence electrons. The molecule has 7 nitrogen and oxygen atoms in total. The number of benzene rings is 2. The number of carboxylic acid groups (broad SMARTS) is 1. The average Bonchev–Trinajstić information content (AvgIpc) is 3.31. The van der Waals surface area contributed by atoms with Crippen LogP contribution in [0.5, 0.6) is 0 Å². The van der Waals surface area contributed by atoms with E-state index in [0.29, 0.717) is 23.1 Å². The SMILES string of the molecule is O=C(O)c1ccc(NC(=O)[C@@H]2CC(=O)N(Cc3cccs3)C(=Nc3ccc(F)cc3)S2)cc1. The summed E-state index contributed by atoms with van der Waals surface area (Å²) in [4.78, 5) is 43.9. The second kappa shape index (κ2) is 9.97. The van der Waals surface area contributed by atoms with Gasteiger partial charge in [0, 0.05) is 17.0 Å². The van der Waals surface area contributed by atoms with Crippen LogP contribution in [0.25, 0.3) is 0 Å². The molecule has 1 aromatic heterocycles. The number of anilines is 1. The Kier molecular flexibility index (Phi) is 6.85.